The fraction of sp³-hybridized carbons (Fsp3) is 0.303. The Morgan fingerprint density at radius 2 is 1.71 bits per heavy atom. The molecule has 0 spiro atoms. The van der Waals surface area contributed by atoms with Crippen molar-refractivity contribution in [2.75, 3.05) is 26.8 Å². The molecule has 7 rings (SSSR count). The highest BCUT2D eigenvalue weighted by molar-refractivity contribution is 6.65. The second-order valence-electron chi connectivity index (χ2n) is 12.1. The first kappa shape index (κ1) is 29.0. The zero-order chi connectivity index (χ0) is 29.4. The molecule has 0 saturated carbocycles. The van der Waals surface area contributed by atoms with Gasteiger partial charge in [0.2, 0.25) is 0 Å². The number of benzene rings is 3. The van der Waals surface area contributed by atoms with E-state index in [0.717, 1.165) is 51.2 Å². The first-order valence-corrected chi connectivity index (χ1v) is 15.0. The smallest absolute Gasteiger partial charge is 0.407 e. The van der Waals surface area contributed by atoms with Crippen molar-refractivity contribution in [3.05, 3.63) is 88.2 Å². The summed E-state index contributed by atoms with van der Waals surface area (Å²) in [5.41, 5.74) is 6.93. The van der Waals surface area contributed by atoms with Crippen LogP contribution in [0.3, 0.4) is 0 Å². The highest BCUT2D eigenvalue weighted by atomic mass is 35.5. The standard InChI is InChI=1S/C20H19ClN2O.C13H15BClNO2/c1-23-8-2-3-20(23)14-6-4-13(5-7-14)16-9-17-15(12-24)11-22-19(17)10-18(16)21;1-13(2)7-17-14(18-8-13)10-5-9-3-4-16-12(9)6-11(10)15/h4-7,9-12,20,22H,2-3,8H2,1H3;3-6,16H,7-8H2,1-2H3. The van der Waals surface area contributed by atoms with Crippen LogP contribution in [0.4, 0.5) is 0 Å². The maximum absolute atomic E-state index is 11.2. The number of nitrogens with zero attached hydrogens (tertiary/aromatic N) is 1. The summed E-state index contributed by atoms with van der Waals surface area (Å²) in [6.07, 6.45) is 6.96. The third kappa shape index (κ3) is 5.90. The number of aromatic amines is 2. The molecule has 1 unspecified atom stereocenters. The number of hydrogen-bond acceptors (Lipinski definition) is 4. The maximum Gasteiger partial charge on any atom is 0.495 e. The SMILES string of the molecule is CC1(C)COB(c2cc3cc[nH]c3cc2Cl)OC1.CN1CCCC1c1ccc(-c2cc3c(C=O)c[nH]c3cc2Cl)cc1. The molecule has 2 N–H and O–H groups in total. The van der Waals surface area contributed by atoms with Crippen LogP contribution in [0.25, 0.3) is 32.9 Å². The van der Waals surface area contributed by atoms with Crippen molar-refractivity contribution >= 4 is 63.9 Å². The van der Waals surface area contributed by atoms with Gasteiger partial charge in [-0.25, -0.2) is 0 Å². The molecule has 0 bridgehead atoms. The predicted octanol–water partition coefficient (Wildman–Crippen LogP) is 7.66. The van der Waals surface area contributed by atoms with Crippen molar-refractivity contribution in [2.24, 2.45) is 5.41 Å². The topological polar surface area (TPSA) is 70.3 Å². The summed E-state index contributed by atoms with van der Waals surface area (Å²) in [6, 6.07) is 19.0. The van der Waals surface area contributed by atoms with Gasteiger partial charge < -0.3 is 19.3 Å². The molecule has 42 heavy (non-hydrogen) atoms. The molecule has 1 atom stereocenters. The average molecular weight is 602 g/mol. The number of likely N-dealkylation sites (tertiary alicyclic amines) is 1. The Kier molecular flexibility index (Phi) is 8.23. The molecule has 0 aliphatic carbocycles. The van der Waals surface area contributed by atoms with Crippen LogP contribution < -0.4 is 5.46 Å². The van der Waals surface area contributed by atoms with Gasteiger partial charge in [0.1, 0.15) is 0 Å². The maximum atomic E-state index is 11.2. The fourth-order valence-corrected chi connectivity index (χ4v) is 6.37. The Morgan fingerprint density at radius 3 is 2.40 bits per heavy atom. The minimum Gasteiger partial charge on any atom is -0.407 e. The molecule has 2 saturated heterocycles. The molecule has 9 heteroatoms. The number of nitrogens with one attached hydrogen (secondary N) is 2. The van der Waals surface area contributed by atoms with Crippen molar-refractivity contribution < 1.29 is 14.1 Å². The van der Waals surface area contributed by atoms with Crippen LogP contribution in [0.5, 0.6) is 0 Å². The number of aldehydes is 1. The largest absolute Gasteiger partial charge is 0.495 e. The summed E-state index contributed by atoms with van der Waals surface area (Å²) in [4.78, 5) is 19.8. The molecule has 2 aromatic heterocycles. The van der Waals surface area contributed by atoms with Gasteiger partial charge in [0.15, 0.2) is 6.29 Å². The third-order valence-electron chi connectivity index (χ3n) is 8.23. The molecule has 216 valence electrons. The second kappa shape index (κ2) is 11.9. The number of halogens is 2. The van der Waals surface area contributed by atoms with Crippen LogP contribution in [0, 0.1) is 5.41 Å². The van der Waals surface area contributed by atoms with E-state index in [4.69, 9.17) is 32.5 Å². The van der Waals surface area contributed by atoms with E-state index in [2.05, 4.69) is 60.0 Å². The summed E-state index contributed by atoms with van der Waals surface area (Å²) in [5, 5.41) is 3.39. The van der Waals surface area contributed by atoms with Crippen molar-refractivity contribution in [1.29, 1.82) is 0 Å². The number of carbonyl (C=O) groups excluding carboxylic acids is 1. The van der Waals surface area contributed by atoms with Gasteiger partial charge in [-0.1, -0.05) is 67.4 Å². The lowest BCUT2D eigenvalue weighted by atomic mass is 9.75. The number of carbonyl (C=O) groups is 1. The molecule has 4 heterocycles. The average Bonchev–Trinajstić information content (AvgIpc) is 3.72. The van der Waals surface area contributed by atoms with Gasteiger partial charge in [-0.2, -0.15) is 0 Å². The van der Waals surface area contributed by atoms with E-state index in [1.807, 2.05) is 36.5 Å². The van der Waals surface area contributed by atoms with E-state index in [0.29, 0.717) is 34.9 Å². The van der Waals surface area contributed by atoms with Crippen LogP contribution in [0.2, 0.25) is 10.0 Å². The van der Waals surface area contributed by atoms with Gasteiger partial charge in [-0.05, 0) is 67.2 Å². The quantitative estimate of drug-likeness (QED) is 0.164. The van der Waals surface area contributed by atoms with Crippen LogP contribution in [-0.2, 0) is 9.31 Å². The van der Waals surface area contributed by atoms with Gasteiger partial charge >= 0.3 is 7.12 Å². The van der Waals surface area contributed by atoms with Crippen LogP contribution in [0.1, 0.15) is 48.7 Å². The van der Waals surface area contributed by atoms with E-state index in [1.54, 1.807) is 6.20 Å². The number of aromatic nitrogens is 2. The minimum atomic E-state index is -0.357. The zero-order valence-corrected chi connectivity index (χ0v) is 25.6. The Balaban J connectivity index is 0.000000157. The summed E-state index contributed by atoms with van der Waals surface area (Å²) in [7, 11) is 1.83. The van der Waals surface area contributed by atoms with E-state index < -0.39 is 0 Å². The van der Waals surface area contributed by atoms with E-state index in [9.17, 15) is 4.79 Å². The normalized spacial score (nSPS) is 18.8. The number of H-pyrrole nitrogens is 2. The fourth-order valence-electron chi connectivity index (χ4n) is 5.84. The highest BCUT2D eigenvalue weighted by Crippen LogP contribution is 2.35. The summed E-state index contributed by atoms with van der Waals surface area (Å²) in [5.74, 6) is 0. The predicted molar refractivity (Wildman–Crippen MR) is 173 cm³/mol. The van der Waals surface area contributed by atoms with Gasteiger partial charge in [0.25, 0.3) is 0 Å². The van der Waals surface area contributed by atoms with Gasteiger partial charge in [-0.3, -0.25) is 9.69 Å². The Morgan fingerprint density at radius 1 is 0.976 bits per heavy atom. The molecule has 0 amide bonds. The first-order valence-electron chi connectivity index (χ1n) is 14.3. The summed E-state index contributed by atoms with van der Waals surface area (Å²) < 4.78 is 11.5. The van der Waals surface area contributed by atoms with Crippen LogP contribution in [0.15, 0.2) is 67.0 Å². The van der Waals surface area contributed by atoms with Crippen molar-refractivity contribution in [3.8, 4) is 11.1 Å². The lowest BCUT2D eigenvalue weighted by molar-refractivity contribution is 0.0343. The summed E-state index contributed by atoms with van der Waals surface area (Å²) >= 11 is 12.7. The van der Waals surface area contributed by atoms with Gasteiger partial charge in [0.05, 0.1) is 5.02 Å². The molecular weight excluding hydrogens is 568 g/mol. The highest BCUT2D eigenvalue weighted by Gasteiger charge is 2.34. The zero-order valence-electron chi connectivity index (χ0n) is 24.0. The Hall–Kier alpha value is -3.07. The Bertz CT molecular complexity index is 1720. The number of hydrogen-bond donors (Lipinski definition) is 2. The minimum absolute atomic E-state index is 0.0706. The number of rotatable bonds is 4. The molecule has 3 aromatic carbocycles. The van der Waals surface area contributed by atoms with E-state index >= 15 is 0 Å². The lowest BCUT2D eigenvalue weighted by Crippen LogP contribution is -2.47. The van der Waals surface area contributed by atoms with Crippen molar-refractivity contribution in [2.45, 2.75) is 32.7 Å². The first-order chi connectivity index (χ1) is 20.2. The molecule has 6 nitrogen and oxygen atoms in total. The van der Waals surface area contributed by atoms with Gasteiger partial charge in [0, 0.05) is 75.1 Å². The van der Waals surface area contributed by atoms with Crippen molar-refractivity contribution in [3.63, 3.8) is 0 Å². The molecule has 2 fully saturated rings. The summed E-state index contributed by atoms with van der Waals surface area (Å²) in [6.45, 7) is 6.77. The third-order valence-corrected chi connectivity index (χ3v) is 8.87. The van der Waals surface area contributed by atoms with Crippen molar-refractivity contribution in [1.82, 2.24) is 14.9 Å². The second-order valence-corrected chi connectivity index (χ2v) is 12.9. The molecule has 5 aromatic rings. The molecule has 2 aliphatic rings. The van der Waals surface area contributed by atoms with Gasteiger partial charge in [-0.15, -0.1) is 0 Å². The van der Waals surface area contributed by atoms with Crippen LogP contribution in [-0.4, -0.2) is 55.1 Å². The molecule has 2 aliphatic heterocycles. The molecular formula is C33H34BCl2N3O3. The monoisotopic (exact) mass is 601 g/mol. The van der Waals surface area contributed by atoms with Crippen LogP contribution >= 0.6 is 23.2 Å². The van der Waals surface area contributed by atoms with E-state index in [-0.39, 0.29) is 12.5 Å². The lowest BCUT2D eigenvalue weighted by Gasteiger charge is -2.33. The Labute approximate surface area is 256 Å². The van der Waals surface area contributed by atoms with E-state index in [1.165, 1.54) is 18.4 Å². The number of fused-ring (bicyclic) bond motifs is 2. The molecule has 0 radical (unpaired) electrons.